The second-order valence-corrected chi connectivity index (χ2v) is 8.41. The van der Waals surface area contributed by atoms with Gasteiger partial charge in [0.1, 0.15) is 24.9 Å². The van der Waals surface area contributed by atoms with Crippen molar-refractivity contribution in [2.45, 2.75) is 24.2 Å². The van der Waals surface area contributed by atoms with Gasteiger partial charge in [-0.25, -0.2) is 0 Å². The predicted octanol–water partition coefficient (Wildman–Crippen LogP) is 4.21. The molecule has 0 saturated heterocycles. The molecule has 3 aromatic rings. The third-order valence-corrected chi connectivity index (χ3v) is 6.58. The number of anilines is 1. The topological polar surface area (TPSA) is 73.9 Å². The van der Waals surface area contributed by atoms with E-state index in [9.17, 15) is 9.59 Å². The fourth-order valence-electron chi connectivity index (χ4n) is 5.06. The number of nitrogens with one attached hydrogen (secondary N) is 1. The Bertz CT molecular complexity index is 1250. The molecule has 0 amide bonds. The number of benzene rings is 3. The van der Waals surface area contributed by atoms with E-state index >= 15 is 0 Å². The van der Waals surface area contributed by atoms with Crippen LogP contribution >= 0.6 is 0 Å². The van der Waals surface area contributed by atoms with Crippen molar-refractivity contribution in [2.24, 2.45) is 0 Å². The molecule has 6 heteroatoms. The van der Waals surface area contributed by atoms with Crippen LogP contribution < -0.4 is 5.32 Å². The predicted molar refractivity (Wildman–Crippen MR) is 129 cm³/mol. The SMILES string of the molecule is O=COCC1=C(COC=O)C2(C(Cc3cccc4ccccc34)Nc3ccccc3)C=CC1O2. The van der Waals surface area contributed by atoms with Gasteiger partial charge in [0.2, 0.25) is 0 Å². The van der Waals surface area contributed by atoms with E-state index in [1.807, 2.05) is 54.6 Å². The number of ether oxygens (including phenoxy) is 3. The summed E-state index contributed by atoms with van der Waals surface area (Å²) in [5.41, 5.74) is 2.89. The van der Waals surface area contributed by atoms with Crippen molar-refractivity contribution in [3.63, 3.8) is 0 Å². The Balaban J connectivity index is 1.59. The molecule has 172 valence electrons. The van der Waals surface area contributed by atoms with Crippen LogP contribution in [0.15, 0.2) is 96.1 Å². The average molecular weight is 456 g/mol. The molecule has 3 unspecified atom stereocenters. The minimum absolute atomic E-state index is 0.0599. The molecule has 2 aliphatic heterocycles. The Kier molecular flexibility index (Phi) is 6.14. The minimum Gasteiger partial charge on any atom is -0.463 e. The highest BCUT2D eigenvalue weighted by Gasteiger charge is 2.53. The quantitative estimate of drug-likeness (QED) is 0.345. The van der Waals surface area contributed by atoms with Crippen LogP contribution in [-0.2, 0) is 30.2 Å². The Labute approximate surface area is 197 Å². The molecule has 0 fully saturated rings. The van der Waals surface area contributed by atoms with Crippen LogP contribution in [0.25, 0.3) is 10.8 Å². The first kappa shape index (κ1) is 21.9. The van der Waals surface area contributed by atoms with E-state index in [-0.39, 0.29) is 25.4 Å². The third-order valence-electron chi connectivity index (χ3n) is 6.58. The van der Waals surface area contributed by atoms with Crippen LogP contribution in [0.4, 0.5) is 5.69 Å². The lowest BCUT2D eigenvalue weighted by Crippen LogP contribution is -2.48. The zero-order valence-electron chi connectivity index (χ0n) is 18.6. The molecule has 0 saturated carbocycles. The average Bonchev–Trinajstić information content (AvgIpc) is 3.44. The zero-order valence-corrected chi connectivity index (χ0v) is 18.6. The molecule has 3 aromatic carbocycles. The van der Waals surface area contributed by atoms with Crippen molar-refractivity contribution in [3.8, 4) is 0 Å². The van der Waals surface area contributed by atoms with E-state index in [2.05, 4.69) is 35.6 Å². The van der Waals surface area contributed by atoms with E-state index in [0.29, 0.717) is 19.4 Å². The first-order valence-electron chi connectivity index (χ1n) is 11.2. The Morgan fingerprint density at radius 1 is 0.912 bits per heavy atom. The molecule has 2 aliphatic rings. The van der Waals surface area contributed by atoms with Crippen LogP contribution in [0.2, 0.25) is 0 Å². The van der Waals surface area contributed by atoms with Crippen molar-refractivity contribution in [3.05, 3.63) is 102 Å². The summed E-state index contributed by atoms with van der Waals surface area (Å²) in [4.78, 5) is 22.0. The van der Waals surface area contributed by atoms with Gasteiger partial charge in [0, 0.05) is 16.8 Å². The molecule has 0 aliphatic carbocycles. The lowest BCUT2D eigenvalue weighted by atomic mass is 9.79. The van der Waals surface area contributed by atoms with E-state index in [1.165, 1.54) is 16.3 Å². The van der Waals surface area contributed by atoms with Gasteiger partial charge in [-0.15, -0.1) is 0 Å². The smallest absolute Gasteiger partial charge is 0.293 e. The molecule has 1 N–H and O–H groups in total. The molecule has 0 spiro atoms. The highest BCUT2D eigenvalue weighted by atomic mass is 16.5. The van der Waals surface area contributed by atoms with Gasteiger partial charge in [-0.05, 0) is 41.0 Å². The summed E-state index contributed by atoms with van der Waals surface area (Å²) in [6.45, 7) is 0.997. The largest absolute Gasteiger partial charge is 0.463 e. The van der Waals surface area contributed by atoms with Gasteiger partial charge in [-0.2, -0.15) is 0 Å². The number of hydrogen-bond donors (Lipinski definition) is 1. The van der Waals surface area contributed by atoms with Crippen LogP contribution in [0.1, 0.15) is 5.56 Å². The van der Waals surface area contributed by atoms with Crippen molar-refractivity contribution in [2.75, 3.05) is 18.5 Å². The van der Waals surface area contributed by atoms with E-state index in [4.69, 9.17) is 14.2 Å². The summed E-state index contributed by atoms with van der Waals surface area (Å²) >= 11 is 0. The molecule has 5 rings (SSSR count). The van der Waals surface area contributed by atoms with Crippen molar-refractivity contribution < 1.29 is 23.8 Å². The van der Waals surface area contributed by atoms with Gasteiger partial charge < -0.3 is 19.5 Å². The normalized spacial score (nSPS) is 21.5. The Morgan fingerprint density at radius 2 is 1.65 bits per heavy atom. The van der Waals surface area contributed by atoms with E-state index in [0.717, 1.165) is 16.8 Å². The second kappa shape index (κ2) is 9.53. The molecule has 0 aromatic heterocycles. The molecule has 2 bridgehead atoms. The maximum Gasteiger partial charge on any atom is 0.293 e. The van der Waals surface area contributed by atoms with Crippen molar-refractivity contribution in [1.29, 1.82) is 0 Å². The second-order valence-electron chi connectivity index (χ2n) is 8.41. The van der Waals surface area contributed by atoms with Gasteiger partial charge in [0.05, 0.1) is 6.04 Å². The summed E-state index contributed by atoms with van der Waals surface area (Å²) < 4.78 is 16.8. The van der Waals surface area contributed by atoms with Crippen LogP contribution in [0, 0.1) is 0 Å². The lowest BCUT2D eigenvalue weighted by Gasteiger charge is -2.37. The molecule has 6 nitrogen and oxygen atoms in total. The third kappa shape index (κ3) is 3.97. The summed E-state index contributed by atoms with van der Waals surface area (Å²) in [6.07, 6.45) is 4.34. The number of rotatable bonds is 11. The number of carbonyl (C=O) groups is 2. The summed E-state index contributed by atoms with van der Waals surface area (Å²) in [7, 11) is 0. The van der Waals surface area contributed by atoms with Crippen molar-refractivity contribution in [1.82, 2.24) is 0 Å². The zero-order chi connectivity index (χ0) is 23.4. The lowest BCUT2D eigenvalue weighted by molar-refractivity contribution is -0.129. The highest BCUT2D eigenvalue weighted by Crippen LogP contribution is 2.47. The molecule has 2 heterocycles. The first-order chi connectivity index (χ1) is 16.7. The molecule has 34 heavy (non-hydrogen) atoms. The molecule has 3 atom stereocenters. The Morgan fingerprint density at radius 3 is 2.47 bits per heavy atom. The number of carbonyl (C=O) groups excluding carboxylic acids is 2. The van der Waals surface area contributed by atoms with Crippen molar-refractivity contribution >= 4 is 29.4 Å². The number of fused-ring (bicyclic) bond motifs is 3. The van der Waals surface area contributed by atoms with E-state index < -0.39 is 5.60 Å². The maximum atomic E-state index is 11.1. The fraction of sp³-hybridized carbons (Fsp3) is 0.214. The molecular formula is C28H25NO5. The minimum atomic E-state index is -0.859. The standard InChI is InChI=1S/C28H25NO5/c30-18-32-16-24-25(17-33-19-31)28(14-13-26(24)34-28)27(29-22-10-2-1-3-11-22)15-21-9-6-8-20-7-4-5-12-23(20)21/h1-14,18-19,26-27,29H,15-17H2. The van der Waals surface area contributed by atoms with Crippen LogP contribution in [0.3, 0.4) is 0 Å². The van der Waals surface area contributed by atoms with Gasteiger partial charge in [0.25, 0.3) is 12.9 Å². The monoisotopic (exact) mass is 455 g/mol. The summed E-state index contributed by atoms with van der Waals surface area (Å²) in [5, 5.41) is 6.02. The van der Waals surface area contributed by atoms with Crippen LogP contribution in [-0.4, -0.2) is 43.9 Å². The van der Waals surface area contributed by atoms with Gasteiger partial charge in [0.15, 0.2) is 0 Å². The van der Waals surface area contributed by atoms with Crippen LogP contribution in [0.5, 0.6) is 0 Å². The molecular weight excluding hydrogens is 430 g/mol. The summed E-state index contributed by atoms with van der Waals surface area (Å²) in [5.74, 6) is 0. The molecule has 0 radical (unpaired) electrons. The highest BCUT2D eigenvalue weighted by molar-refractivity contribution is 5.85. The first-order valence-corrected chi connectivity index (χ1v) is 11.2. The van der Waals surface area contributed by atoms with E-state index in [1.54, 1.807) is 0 Å². The maximum absolute atomic E-state index is 11.1. The number of para-hydroxylation sites is 1. The van der Waals surface area contributed by atoms with Gasteiger partial charge >= 0.3 is 0 Å². The fourth-order valence-corrected chi connectivity index (χ4v) is 5.06. The van der Waals surface area contributed by atoms with Gasteiger partial charge in [-0.1, -0.05) is 66.7 Å². The summed E-state index contributed by atoms with van der Waals surface area (Å²) in [6, 6.07) is 24.3. The Hall–Kier alpha value is -3.90. The number of hydrogen-bond acceptors (Lipinski definition) is 6. The van der Waals surface area contributed by atoms with Gasteiger partial charge in [-0.3, -0.25) is 9.59 Å².